The Labute approximate surface area is 167 Å². The standard InChI is InChI=1S/C20H19ClN4O3/c1-27-14-7-9-18(28-2)17(11-14)23-19-10-8-16(24-25-19)20(26)22-12-13-5-3-4-6-15(13)21/h3-11H,12H2,1-2H3,(H,22,26)(H,23,25). The molecule has 2 N–H and O–H groups in total. The molecule has 0 bridgehead atoms. The number of halogens is 1. The molecule has 0 radical (unpaired) electrons. The van der Waals surface area contributed by atoms with Gasteiger partial charge in [-0.3, -0.25) is 4.79 Å². The number of anilines is 2. The van der Waals surface area contributed by atoms with E-state index in [4.69, 9.17) is 21.1 Å². The number of methoxy groups -OCH3 is 2. The molecule has 3 rings (SSSR count). The molecule has 28 heavy (non-hydrogen) atoms. The Balaban J connectivity index is 1.66. The molecule has 8 heteroatoms. The lowest BCUT2D eigenvalue weighted by molar-refractivity contribution is 0.0945. The molecular formula is C20H19ClN4O3. The van der Waals surface area contributed by atoms with Crippen LogP contribution in [0.25, 0.3) is 0 Å². The van der Waals surface area contributed by atoms with E-state index in [1.807, 2.05) is 18.2 Å². The molecule has 0 saturated carbocycles. The van der Waals surface area contributed by atoms with Gasteiger partial charge in [-0.15, -0.1) is 10.2 Å². The number of ether oxygens (including phenoxy) is 2. The molecule has 0 saturated heterocycles. The Kier molecular flexibility index (Phi) is 6.29. The molecule has 0 aliphatic rings. The number of benzene rings is 2. The van der Waals surface area contributed by atoms with Crippen molar-refractivity contribution in [1.82, 2.24) is 15.5 Å². The van der Waals surface area contributed by atoms with Crippen molar-refractivity contribution in [3.05, 3.63) is 70.9 Å². The van der Waals surface area contributed by atoms with E-state index in [1.165, 1.54) is 0 Å². The fourth-order valence-electron chi connectivity index (χ4n) is 2.48. The maximum absolute atomic E-state index is 12.3. The summed E-state index contributed by atoms with van der Waals surface area (Å²) in [4.78, 5) is 12.3. The fourth-order valence-corrected chi connectivity index (χ4v) is 2.68. The monoisotopic (exact) mass is 398 g/mol. The molecular weight excluding hydrogens is 380 g/mol. The van der Waals surface area contributed by atoms with E-state index in [9.17, 15) is 4.79 Å². The molecule has 0 spiro atoms. The molecule has 2 aromatic carbocycles. The first-order chi connectivity index (χ1) is 13.6. The summed E-state index contributed by atoms with van der Waals surface area (Å²) >= 11 is 6.09. The number of carbonyl (C=O) groups is 1. The fraction of sp³-hybridized carbons (Fsp3) is 0.150. The summed E-state index contributed by atoms with van der Waals surface area (Å²) in [6.07, 6.45) is 0. The Hall–Kier alpha value is -3.32. The minimum Gasteiger partial charge on any atom is -0.497 e. The van der Waals surface area contributed by atoms with E-state index in [2.05, 4.69) is 20.8 Å². The van der Waals surface area contributed by atoms with Crippen LogP contribution in [-0.2, 0) is 6.54 Å². The molecule has 1 aromatic heterocycles. The number of nitrogens with zero attached hydrogens (tertiary/aromatic N) is 2. The number of nitrogens with one attached hydrogen (secondary N) is 2. The Morgan fingerprint density at radius 3 is 2.54 bits per heavy atom. The van der Waals surface area contributed by atoms with Gasteiger partial charge in [0.15, 0.2) is 11.5 Å². The van der Waals surface area contributed by atoms with Crippen LogP contribution in [0.3, 0.4) is 0 Å². The summed E-state index contributed by atoms with van der Waals surface area (Å²) in [7, 11) is 3.16. The lowest BCUT2D eigenvalue weighted by Crippen LogP contribution is -2.24. The molecule has 0 aliphatic heterocycles. The normalized spacial score (nSPS) is 10.2. The Bertz CT molecular complexity index is 964. The van der Waals surface area contributed by atoms with E-state index >= 15 is 0 Å². The number of hydrogen-bond acceptors (Lipinski definition) is 6. The van der Waals surface area contributed by atoms with Gasteiger partial charge in [-0.05, 0) is 35.9 Å². The van der Waals surface area contributed by atoms with E-state index in [0.717, 1.165) is 5.56 Å². The second-order valence-corrected chi connectivity index (χ2v) is 6.18. The van der Waals surface area contributed by atoms with Gasteiger partial charge in [0.1, 0.15) is 11.5 Å². The number of aromatic nitrogens is 2. The summed E-state index contributed by atoms with van der Waals surface area (Å²) in [6, 6.07) is 15.9. The van der Waals surface area contributed by atoms with E-state index < -0.39 is 0 Å². The largest absolute Gasteiger partial charge is 0.497 e. The van der Waals surface area contributed by atoms with Crippen LogP contribution in [0, 0.1) is 0 Å². The average Bonchev–Trinajstić information content (AvgIpc) is 2.73. The van der Waals surface area contributed by atoms with Crippen molar-refractivity contribution < 1.29 is 14.3 Å². The van der Waals surface area contributed by atoms with Gasteiger partial charge in [0.2, 0.25) is 0 Å². The maximum Gasteiger partial charge on any atom is 0.272 e. The highest BCUT2D eigenvalue weighted by atomic mass is 35.5. The summed E-state index contributed by atoms with van der Waals surface area (Å²) in [5, 5.41) is 14.5. The van der Waals surface area contributed by atoms with Gasteiger partial charge in [-0.1, -0.05) is 29.8 Å². The SMILES string of the molecule is COc1ccc(OC)c(Nc2ccc(C(=O)NCc3ccccc3Cl)nn2)c1. The van der Waals surface area contributed by atoms with Gasteiger partial charge in [-0.25, -0.2) is 0 Å². The van der Waals surface area contributed by atoms with Gasteiger partial charge >= 0.3 is 0 Å². The topological polar surface area (TPSA) is 85.4 Å². The maximum atomic E-state index is 12.3. The number of rotatable bonds is 7. The second-order valence-electron chi connectivity index (χ2n) is 5.77. The van der Waals surface area contributed by atoms with E-state index in [0.29, 0.717) is 34.6 Å². The third kappa shape index (κ3) is 4.69. The highest BCUT2D eigenvalue weighted by Gasteiger charge is 2.11. The van der Waals surface area contributed by atoms with Crippen molar-refractivity contribution in [3.8, 4) is 11.5 Å². The molecule has 0 fully saturated rings. The van der Waals surface area contributed by atoms with Crippen molar-refractivity contribution in [3.63, 3.8) is 0 Å². The van der Waals surface area contributed by atoms with Gasteiger partial charge in [0, 0.05) is 17.6 Å². The molecule has 3 aromatic rings. The third-order valence-electron chi connectivity index (χ3n) is 3.96. The van der Waals surface area contributed by atoms with Crippen molar-refractivity contribution in [2.24, 2.45) is 0 Å². The first kappa shape index (κ1) is 19.4. The summed E-state index contributed by atoms with van der Waals surface area (Å²) in [5.41, 5.74) is 1.70. The summed E-state index contributed by atoms with van der Waals surface area (Å²) < 4.78 is 10.5. The first-order valence-electron chi connectivity index (χ1n) is 8.45. The zero-order valence-corrected chi connectivity index (χ0v) is 16.2. The second kappa shape index (κ2) is 9.05. The van der Waals surface area contributed by atoms with E-state index in [1.54, 1.807) is 50.6 Å². The van der Waals surface area contributed by atoms with E-state index in [-0.39, 0.29) is 11.6 Å². The predicted molar refractivity (Wildman–Crippen MR) is 107 cm³/mol. The van der Waals surface area contributed by atoms with Crippen LogP contribution >= 0.6 is 11.6 Å². The van der Waals surface area contributed by atoms with Crippen molar-refractivity contribution in [1.29, 1.82) is 0 Å². The lowest BCUT2D eigenvalue weighted by Gasteiger charge is -2.12. The smallest absolute Gasteiger partial charge is 0.272 e. The van der Waals surface area contributed by atoms with Crippen molar-refractivity contribution >= 4 is 29.0 Å². The van der Waals surface area contributed by atoms with Crippen LogP contribution in [0.2, 0.25) is 5.02 Å². The molecule has 0 atom stereocenters. The predicted octanol–water partition coefficient (Wildman–Crippen LogP) is 3.82. The minimum atomic E-state index is -0.335. The van der Waals surface area contributed by atoms with Gasteiger partial charge in [-0.2, -0.15) is 0 Å². The lowest BCUT2D eigenvalue weighted by atomic mass is 10.2. The van der Waals surface area contributed by atoms with Gasteiger partial charge in [0.05, 0.1) is 19.9 Å². The van der Waals surface area contributed by atoms with Crippen molar-refractivity contribution in [2.45, 2.75) is 6.54 Å². The molecule has 144 valence electrons. The van der Waals surface area contributed by atoms with Crippen LogP contribution in [0.4, 0.5) is 11.5 Å². The number of carbonyl (C=O) groups excluding carboxylic acids is 1. The van der Waals surface area contributed by atoms with Crippen LogP contribution in [0.15, 0.2) is 54.6 Å². The quantitative estimate of drug-likeness (QED) is 0.629. The zero-order valence-electron chi connectivity index (χ0n) is 15.4. The minimum absolute atomic E-state index is 0.204. The van der Waals surface area contributed by atoms with Crippen LogP contribution in [-0.4, -0.2) is 30.3 Å². The average molecular weight is 399 g/mol. The Morgan fingerprint density at radius 1 is 1.04 bits per heavy atom. The van der Waals surface area contributed by atoms with Gasteiger partial charge in [0.25, 0.3) is 5.91 Å². The molecule has 1 heterocycles. The number of amides is 1. The molecule has 0 unspecified atom stereocenters. The highest BCUT2D eigenvalue weighted by molar-refractivity contribution is 6.31. The van der Waals surface area contributed by atoms with Gasteiger partial charge < -0.3 is 20.1 Å². The highest BCUT2D eigenvalue weighted by Crippen LogP contribution is 2.30. The zero-order chi connectivity index (χ0) is 19.9. The van der Waals surface area contributed by atoms with Crippen LogP contribution < -0.4 is 20.1 Å². The molecule has 0 aliphatic carbocycles. The van der Waals surface area contributed by atoms with Crippen LogP contribution in [0.1, 0.15) is 16.1 Å². The Morgan fingerprint density at radius 2 is 1.86 bits per heavy atom. The third-order valence-corrected chi connectivity index (χ3v) is 4.33. The van der Waals surface area contributed by atoms with Crippen LogP contribution in [0.5, 0.6) is 11.5 Å². The molecule has 7 nitrogen and oxygen atoms in total. The number of hydrogen-bond donors (Lipinski definition) is 2. The van der Waals surface area contributed by atoms with Crippen molar-refractivity contribution in [2.75, 3.05) is 19.5 Å². The molecule has 1 amide bonds. The summed E-state index contributed by atoms with van der Waals surface area (Å²) in [6.45, 7) is 0.307. The summed E-state index contributed by atoms with van der Waals surface area (Å²) in [5.74, 6) is 1.43. The first-order valence-corrected chi connectivity index (χ1v) is 8.83.